The fourth-order valence-corrected chi connectivity index (χ4v) is 19.2. The van der Waals surface area contributed by atoms with Gasteiger partial charge in [-0.15, -0.1) is 0 Å². The van der Waals surface area contributed by atoms with Crippen molar-refractivity contribution in [2.45, 2.75) is 32.6 Å². The van der Waals surface area contributed by atoms with Gasteiger partial charge in [-0.1, -0.05) is 0 Å². The number of unbranched alkanes of at least 4 members (excludes halogenated alkanes) is 2. The molecular weight excluding hydrogens is 570 g/mol. The molecule has 0 saturated carbocycles. The van der Waals surface area contributed by atoms with Crippen LogP contribution in [0.25, 0.3) is 0 Å². The Morgan fingerprint density at radius 2 is 1.88 bits per heavy atom. The Morgan fingerprint density at radius 1 is 1.24 bits per heavy atom. The zero-order chi connectivity index (χ0) is 12.7. The number of rotatable bonds is 6. The molecule has 0 fully saturated rings. The maximum absolute atomic E-state index is 4.00. The van der Waals surface area contributed by atoms with Crippen molar-refractivity contribution in [1.29, 1.82) is 0 Å². The van der Waals surface area contributed by atoms with Gasteiger partial charge in [0, 0.05) is 0 Å². The fraction of sp³-hybridized carbons (Fsp3) is 0.385. The monoisotopic (exact) mass is 588 g/mol. The van der Waals surface area contributed by atoms with E-state index in [-0.39, 0.29) is 0 Å². The van der Waals surface area contributed by atoms with Gasteiger partial charge in [0.05, 0.1) is 0 Å². The van der Waals surface area contributed by atoms with Crippen molar-refractivity contribution >= 4 is 65.5 Å². The van der Waals surface area contributed by atoms with Crippen molar-refractivity contribution in [3.05, 3.63) is 38.0 Å². The van der Waals surface area contributed by atoms with E-state index in [1.165, 1.54) is 29.3 Å². The third kappa shape index (κ3) is 5.14. The van der Waals surface area contributed by atoms with Gasteiger partial charge in [-0.05, 0) is 0 Å². The minimum absolute atomic E-state index is 1.21. The minimum atomic E-state index is -2.36. The van der Waals surface area contributed by atoms with Gasteiger partial charge >= 0.3 is 136 Å². The van der Waals surface area contributed by atoms with Crippen molar-refractivity contribution in [3.8, 4) is 0 Å². The Hall–Kier alpha value is 1.44. The molecular formula is C13H17Br2ITe. The van der Waals surface area contributed by atoms with Gasteiger partial charge in [-0.25, -0.2) is 0 Å². The summed E-state index contributed by atoms with van der Waals surface area (Å²) in [6, 6.07) is 10.8. The second-order valence-electron chi connectivity index (χ2n) is 3.81. The molecule has 0 nitrogen and oxygen atoms in total. The molecule has 0 spiro atoms. The molecule has 96 valence electrons. The van der Waals surface area contributed by atoms with E-state index in [0.29, 0.717) is 0 Å². The van der Waals surface area contributed by atoms with Crippen LogP contribution < -0.4 is 3.61 Å². The standard InChI is InChI=1S/C13H17Br2ITe/c1-2-3-5-10-13(11-16)17(14,15)12-8-6-4-7-9-12/h4,6-9,11H,2-3,5,10H2,1H3/b13-11+. The average Bonchev–Trinajstić information content (AvgIpc) is 2.35. The molecule has 1 aromatic rings. The van der Waals surface area contributed by atoms with Crippen LogP contribution in [-0.4, -0.2) is 13.8 Å². The summed E-state index contributed by atoms with van der Waals surface area (Å²) in [5.74, 6) is 0. The predicted molar refractivity (Wildman–Crippen MR) is 95.9 cm³/mol. The van der Waals surface area contributed by atoms with Crippen molar-refractivity contribution in [1.82, 2.24) is 0 Å². The van der Waals surface area contributed by atoms with Crippen LogP contribution in [0.5, 0.6) is 0 Å². The first-order valence-electron chi connectivity index (χ1n) is 5.70. The third-order valence-corrected chi connectivity index (χ3v) is 20.4. The zero-order valence-corrected chi connectivity index (χ0v) is 17.5. The Balaban J connectivity index is 2.80. The van der Waals surface area contributed by atoms with Gasteiger partial charge in [0.25, 0.3) is 0 Å². The van der Waals surface area contributed by atoms with Gasteiger partial charge in [-0.3, -0.25) is 0 Å². The SMILES string of the molecule is CCCCC/C(=C\I)[Te](Br)(Br)c1ccccc1. The van der Waals surface area contributed by atoms with Crippen LogP contribution >= 0.6 is 48.1 Å². The van der Waals surface area contributed by atoms with Crippen LogP contribution in [0.15, 0.2) is 38.0 Å². The molecule has 4 heteroatoms. The number of allylic oxidation sites excluding steroid dienone is 1. The Labute approximate surface area is 134 Å². The van der Waals surface area contributed by atoms with E-state index >= 15 is 0 Å². The Morgan fingerprint density at radius 3 is 2.41 bits per heavy atom. The third-order valence-electron chi connectivity index (χ3n) is 2.52. The quantitative estimate of drug-likeness (QED) is 0.232. The average molecular weight is 588 g/mol. The van der Waals surface area contributed by atoms with Gasteiger partial charge in [0.15, 0.2) is 0 Å². The number of hydrogen-bond donors (Lipinski definition) is 0. The number of hydrogen-bond acceptors (Lipinski definition) is 0. The van der Waals surface area contributed by atoms with E-state index in [9.17, 15) is 0 Å². The van der Waals surface area contributed by atoms with Crippen molar-refractivity contribution in [3.63, 3.8) is 0 Å². The number of benzene rings is 1. The van der Waals surface area contributed by atoms with Gasteiger partial charge in [0.1, 0.15) is 0 Å². The van der Waals surface area contributed by atoms with E-state index in [0.717, 1.165) is 0 Å². The van der Waals surface area contributed by atoms with Gasteiger partial charge in [0.2, 0.25) is 0 Å². The second kappa shape index (κ2) is 8.58. The Bertz CT molecular complexity index is 363. The van der Waals surface area contributed by atoms with E-state index in [1.54, 1.807) is 3.62 Å². The summed E-state index contributed by atoms with van der Waals surface area (Å²) in [6.07, 6.45) is 5.11. The first-order chi connectivity index (χ1) is 8.12. The summed E-state index contributed by atoms with van der Waals surface area (Å²) in [5.41, 5.74) is 0. The molecule has 0 saturated heterocycles. The van der Waals surface area contributed by atoms with E-state index in [2.05, 4.69) is 89.4 Å². The summed E-state index contributed by atoms with van der Waals surface area (Å²) < 4.78 is 5.29. The molecule has 0 bridgehead atoms. The van der Waals surface area contributed by atoms with Crippen LogP contribution in [0.4, 0.5) is 0 Å². The molecule has 17 heavy (non-hydrogen) atoms. The summed E-state index contributed by atoms with van der Waals surface area (Å²) in [7, 11) is 0. The molecule has 0 aromatic heterocycles. The molecule has 0 heterocycles. The van der Waals surface area contributed by atoms with E-state index in [1.807, 2.05) is 0 Å². The van der Waals surface area contributed by atoms with Crippen LogP contribution in [0.1, 0.15) is 32.6 Å². The molecule has 0 radical (unpaired) electrons. The summed E-state index contributed by atoms with van der Waals surface area (Å²) in [4.78, 5) is 0. The van der Waals surface area contributed by atoms with Crippen molar-refractivity contribution in [2.75, 3.05) is 0 Å². The molecule has 0 unspecified atom stereocenters. The fourth-order valence-electron chi connectivity index (χ4n) is 1.53. The summed E-state index contributed by atoms with van der Waals surface area (Å²) in [6.45, 7) is 2.25. The van der Waals surface area contributed by atoms with Crippen molar-refractivity contribution in [2.24, 2.45) is 0 Å². The molecule has 0 atom stereocenters. The van der Waals surface area contributed by atoms with Crippen LogP contribution in [-0.2, 0) is 0 Å². The first kappa shape index (κ1) is 16.5. The topological polar surface area (TPSA) is 0 Å². The zero-order valence-electron chi connectivity index (χ0n) is 9.83. The maximum atomic E-state index is 4.00. The van der Waals surface area contributed by atoms with E-state index < -0.39 is 13.8 Å². The molecule has 1 rings (SSSR count). The van der Waals surface area contributed by atoms with Crippen molar-refractivity contribution < 1.29 is 0 Å². The molecule has 0 aliphatic heterocycles. The second-order valence-corrected chi connectivity index (χ2v) is 28.8. The predicted octanol–water partition coefficient (Wildman–Crippen LogP) is 5.56. The van der Waals surface area contributed by atoms with Crippen LogP contribution in [0.2, 0.25) is 0 Å². The summed E-state index contributed by atoms with van der Waals surface area (Å²) in [5, 5.41) is 0. The Kier molecular flexibility index (Phi) is 8.32. The van der Waals surface area contributed by atoms with Crippen LogP contribution in [0.3, 0.4) is 0 Å². The molecule has 0 amide bonds. The van der Waals surface area contributed by atoms with Gasteiger partial charge < -0.3 is 0 Å². The summed E-state index contributed by atoms with van der Waals surface area (Å²) >= 11 is 8.03. The number of halogens is 3. The first-order valence-corrected chi connectivity index (χ1v) is 19.7. The normalized spacial score (nSPS) is 13.8. The van der Waals surface area contributed by atoms with Gasteiger partial charge in [-0.2, -0.15) is 0 Å². The molecule has 0 aliphatic rings. The molecule has 0 N–H and O–H groups in total. The van der Waals surface area contributed by atoms with E-state index in [4.69, 9.17) is 0 Å². The molecule has 1 aromatic carbocycles. The van der Waals surface area contributed by atoms with Crippen LogP contribution in [0, 0.1) is 0 Å². The molecule has 0 aliphatic carbocycles.